The third-order valence-electron chi connectivity index (χ3n) is 2.53. The molecule has 0 unspecified atom stereocenters. The quantitative estimate of drug-likeness (QED) is 0.855. The normalized spacial score (nSPS) is 18.2. The minimum absolute atomic E-state index is 0.209. The van der Waals surface area contributed by atoms with E-state index >= 15 is 0 Å². The number of thioether (sulfide) groups is 1. The predicted octanol–water partition coefficient (Wildman–Crippen LogP) is 3.41. The number of nitrogens with one attached hydrogen (secondary N) is 1. The first-order valence-corrected chi connectivity index (χ1v) is 6.84. The Labute approximate surface area is 118 Å². The van der Waals surface area contributed by atoms with Crippen molar-refractivity contribution < 1.29 is 13.2 Å². The van der Waals surface area contributed by atoms with E-state index in [1.165, 1.54) is 11.8 Å². The Kier molecular flexibility index (Phi) is 2.97. The Morgan fingerprint density at radius 1 is 1.21 bits per heavy atom. The maximum atomic E-state index is 12.7. The molecular formula is C10H6BrF3N4S. The number of halogens is 4. The van der Waals surface area contributed by atoms with Gasteiger partial charge in [-0.2, -0.15) is 13.2 Å². The van der Waals surface area contributed by atoms with Gasteiger partial charge in [0.15, 0.2) is 0 Å². The van der Waals surface area contributed by atoms with Crippen molar-refractivity contribution in [3.05, 3.63) is 40.1 Å². The van der Waals surface area contributed by atoms with E-state index in [0.717, 1.165) is 14.7 Å². The highest BCUT2D eigenvalue weighted by molar-refractivity contribution is 9.10. The highest BCUT2D eigenvalue weighted by atomic mass is 79.9. The summed E-state index contributed by atoms with van der Waals surface area (Å²) in [7, 11) is 0. The molecule has 0 spiro atoms. The number of aromatic nitrogens is 3. The maximum Gasteiger partial charge on any atom is 0.453 e. The highest BCUT2D eigenvalue weighted by Crippen LogP contribution is 2.41. The fraction of sp³-hybridized carbons (Fsp3) is 0.200. The lowest BCUT2D eigenvalue weighted by Crippen LogP contribution is -2.21. The summed E-state index contributed by atoms with van der Waals surface area (Å²) in [6.45, 7) is 0. The molecule has 1 aromatic heterocycles. The second-order valence-corrected chi connectivity index (χ2v) is 5.81. The van der Waals surface area contributed by atoms with Crippen LogP contribution in [0.4, 0.5) is 13.2 Å². The van der Waals surface area contributed by atoms with Crippen LogP contribution in [-0.2, 0) is 6.18 Å². The van der Waals surface area contributed by atoms with Crippen molar-refractivity contribution in [2.75, 3.05) is 5.43 Å². The summed E-state index contributed by atoms with van der Waals surface area (Å²) in [6, 6.07) is 7.34. The summed E-state index contributed by atoms with van der Waals surface area (Å²) < 4.78 is 39.8. The molecule has 0 amide bonds. The molecule has 0 aliphatic carbocycles. The number of fused-ring (bicyclic) bond motifs is 1. The third-order valence-corrected chi connectivity index (χ3v) is 4.15. The van der Waals surface area contributed by atoms with Gasteiger partial charge in [0.25, 0.3) is 5.82 Å². The van der Waals surface area contributed by atoms with E-state index in [9.17, 15) is 13.2 Å². The zero-order chi connectivity index (χ0) is 13.6. The van der Waals surface area contributed by atoms with Gasteiger partial charge in [0.2, 0.25) is 5.16 Å². The van der Waals surface area contributed by atoms with E-state index in [-0.39, 0.29) is 10.5 Å². The lowest BCUT2D eigenvalue weighted by atomic mass is 10.2. The number of alkyl halides is 3. The first kappa shape index (κ1) is 12.8. The van der Waals surface area contributed by atoms with Gasteiger partial charge in [0.05, 0.1) is 0 Å². The monoisotopic (exact) mass is 350 g/mol. The maximum absolute atomic E-state index is 12.7. The van der Waals surface area contributed by atoms with Crippen LogP contribution in [0.15, 0.2) is 33.9 Å². The number of hydrogen-bond donors (Lipinski definition) is 1. The molecule has 0 saturated carbocycles. The van der Waals surface area contributed by atoms with Crippen LogP contribution in [0.3, 0.4) is 0 Å². The van der Waals surface area contributed by atoms with Crippen LogP contribution in [0.2, 0.25) is 0 Å². The largest absolute Gasteiger partial charge is 0.453 e. The van der Waals surface area contributed by atoms with Crippen molar-refractivity contribution in [1.82, 2.24) is 14.9 Å². The molecule has 1 atom stereocenters. The van der Waals surface area contributed by atoms with Crippen LogP contribution in [0, 0.1) is 0 Å². The van der Waals surface area contributed by atoms with E-state index in [2.05, 4.69) is 31.6 Å². The Hall–Kier alpha value is -1.22. The molecular weight excluding hydrogens is 345 g/mol. The van der Waals surface area contributed by atoms with Crippen molar-refractivity contribution in [2.45, 2.75) is 16.7 Å². The predicted molar refractivity (Wildman–Crippen MR) is 67.1 cm³/mol. The summed E-state index contributed by atoms with van der Waals surface area (Å²) in [5, 5.41) is 6.59. The van der Waals surface area contributed by atoms with Crippen molar-refractivity contribution >= 4 is 27.7 Å². The van der Waals surface area contributed by atoms with Gasteiger partial charge in [-0.25, -0.2) is 4.68 Å². The molecule has 9 heteroatoms. The Morgan fingerprint density at radius 2 is 1.89 bits per heavy atom. The molecule has 1 N–H and O–H groups in total. The van der Waals surface area contributed by atoms with E-state index in [1.54, 1.807) is 0 Å². The van der Waals surface area contributed by atoms with Gasteiger partial charge < -0.3 is 5.43 Å². The standard InChI is InChI=1S/C10H6BrF3N4S/c11-6-3-1-5(2-4-6)7-17-18-8(10(12,13)14)15-16-9(18)19-7/h1-4,7,17H/t7-/m0/s1. The first-order chi connectivity index (χ1) is 8.95. The average molecular weight is 351 g/mol. The average Bonchev–Trinajstić information content (AvgIpc) is 2.87. The van der Waals surface area contributed by atoms with Gasteiger partial charge in [-0.15, -0.1) is 10.2 Å². The molecule has 4 nitrogen and oxygen atoms in total. The lowest BCUT2D eigenvalue weighted by Gasteiger charge is -2.13. The van der Waals surface area contributed by atoms with E-state index in [0.29, 0.717) is 0 Å². The number of nitrogens with zero attached hydrogens (tertiary/aromatic N) is 3. The molecule has 0 fully saturated rings. The molecule has 0 bridgehead atoms. The van der Waals surface area contributed by atoms with E-state index in [1.807, 2.05) is 24.3 Å². The summed E-state index contributed by atoms with van der Waals surface area (Å²) in [5.41, 5.74) is 3.61. The van der Waals surface area contributed by atoms with Crippen LogP contribution >= 0.6 is 27.7 Å². The Bertz CT molecular complexity index is 610. The fourth-order valence-corrected chi connectivity index (χ4v) is 2.93. The van der Waals surface area contributed by atoms with Gasteiger partial charge in [-0.3, -0.25) is 0 Å². The molecule has 100 valence electrons. The molecule has 0 radical (unpaired) electrons. The van der Waals surface area contributed by atoms with Crippen molar-refractivity contribution in [2.24, 2.45) is 0 Å². The SMILES string of the molecule is FC(F)(F)c1nnc2n1N[C@H](c1ccc(Br)cc1)S2. The molecule has 19 heavy (non-hydrogen) atoms. The van der Waals surface area contributed by atoms with Gasteiger partial charge >= 0.3 is 6.18 Å². The van der Waals surface area contributed by atoms with Gasteiger partial charge in [-0.05, 0) is 17.7 Å². The van der Waals surface area contributed by atoms with Crippen LogP contribution in [-0.4, -0.2) is 14.9 Å². The molecule has 2 aromatic rings. The first-order valence-electron chi connectivity index (χ1n) is 5.16. The second-order valence-electron chi connectivity index (χ2n) is 3.82. The summed E-state index contributed by atoms with van der Waals surface area (Å²) in [4.78, 5) is 0. The summed E-state index contributed by atoms with van der Waals surface area (Å²) in [5.74, 6) is -1.03. The van der Waals surface area contributed by atoms with Crippen molar-refractivity contribution in [3.8, 4) is 0 Å². The molecule has 0 saturated heterocycles. The minimum Gasteiger partial charge on any atom is -0.304 e. The zero-order valence-electron chi connectivity index (χ0n) is 9.15. The van der Waals surface area contributed by atoms with Gasteiger partial charge in [-0.1, -0.05) is 39.8 Å². The zero-order valence-corrected chi connectivity index (χ0v) is 11.6. The van der Waals surface area contributed by atoms with Crippen molar-refractivity contribution in [3.63, 3.8) is 0 Å². The van der Waals surface area contributed by atoms with E-state index < -0.39 is 12.0 Å². The molecule has 1 aliphatic heterocycles. The van der Waals surface area contributed by atoms with Crippen LogP contribution < -0.4 is 5.43 Å². The Balaban J connectivity index is 1.89. The smallest absolute Gasteiger partial charge is 0.304 e. The summed E-state index contributed by atoms with van der Waals surface area (Å²) >= 11 is 4.50. The fourth-order valence-electron chi connectivity index (χ4n) is 1.68. The molecule has 3 rings (SSSR count). The van der Waals surface area contributed by atoms with Crippen LogP contribution in [0.5, 0.6) is 0 Å². The highest BCUT2D eigenvalue weighted by Gasteiger charge is 2.41. The molecule has 2 heterocycles. The van der Waals surface area contributed by atoms with Gasteiger partial charge in [0, 0.05) is 4.47 Å². The van der Waals surface area contributed by atoms with Crippen LogP contribution in [0.25, 0.3) is 0 Å². The lowest BCUT2D eigenvalue weighted by molar-refractivity contribution is -0.147. The number of rotatable bonds is 1. The summed E-state index contributed by atoms with van der Waals surface area (Å²) in [6.07, 6.45) is -4.52. The minimum atomic E-state index is -4.52. The molecule has 1 aliphatic rings. The van der Waals surface area contributed by atoms with Gasteiger partial charge in [0.1, 0.15) is 5.37 Å². The van der Waals surface area contributed by atoms with Crippen molar-refractivity contribution in [1.29, 1.82) is 0 Å². The second kappa shape index (κ2) is 4.41. The number of hydrogen-bond acceptors (Lipinski definition) is 4. The number of benzene rings is 1. The van der Waals surface area contributed by atoms with E-state index in [4.69, 9.17) is 0 Å². The third kappa shape index (κ3) is 2.32. The van der Waals surface area contributed by atoms with Crippen LogP contribution in [0.1, 0.15) is 16.8 Å². The molecule has 1 aromatic carbocycles. The Morgan fingerprint density at radius 3 is 2.53 bits per heavy atom. The topological polar surface area (TPSA) is 42.7 Å².